The first-order valence-corrected chi connectivity index (χ1v) is 8.21. The molecular weight excluding hydrogens is 260 g/mol. The Kier molecular flexibility index (Phi) is 6.68. The first-order valence-electron chi connectivity index (χ1n) is 8.21. The zero-order valence-corrected chi connectivity index (χ0v) is 13.7. The van der Waals surface area contributed by atoms with Crippen molar-refractivity contribution in [1.82, 2.24) is 10.2 Å². The maximum atomic E-state index is 5.96. The van der Waals surface area contributed by atoms with E-state index in [9.17, 15) is 0 Å². The zero-order chi connectivity index (χ0) is 15.1. The van der Waals surface area contributed by atoms with Gasteiger partial charge in [0, 0.05) is 25.7 Å². The van der Waals surface area contributed by atoms with Crippen molar-refractivity contribution >= 4 is 0 Å². The van der Waals surface area contributed by atoms with E-state index in [1.165, 1.54) is 24.9 Å². The SMILES string of the molecule is CC(C)NCCN(C)CC1CC(OCc2ccccc2)C1. The van der Waals surface area contributed by atoms with Crippen LogP contribution in [-0.4, -0.2) is 43.7 Å². The van der Waals surface area contributed by atoms with Crippen molar-refractivity contribution in [3.63, 3.8) is 0 Å². The highest BCUT2D eigenvalue weighted by Gasteiger charge is 2.30. The van der Waals surface area contributed by atoms with E-state index < -0.39 is 0 Å². The summed E-state index contributed by atoms with van der Waals surface area (Å²) < 4.78 is 5.96. The summed E-state index contributed by atoms with van der Waals surface area (Å²) >= 11 is 0. The average Bonchev–Trinajstić information content (AvgIpc) is 2.42. The van der Waals surface area contributed by atoms with Gasteiger partial charge < -0.3 is 15.0 Å². The number of ether oxygens (including phenoxy) is 1. The van der Waals surface area contributed by atoms with Gasteiger partial charge in [-0.3, -0.25) is 0 Å². The Morgan fingerprint density at radius 1 is 1.24 bits per heavy atom. The minimum atomic E-state index is 0.470. The fourth-order valence-electron chi connectivity index (χ4n) is 2.82. The van der Waals surface area contributed by atoms with Crippen LogP contribution in [-0.2, 0) is 11.3 Å². The van der Waals surface area contributed by atoms with Gasteiger partial charge in [0.1, 0.15) is 0 Å². The molecule has 0 unspecified atom stereocenters. The van der Waals surface area contributed by atoms with E-state index in [0.29, 0.717) is 12.1 Å². The number of likely N-dealkylation sites (N-methyl/N-ethyl adjacent to an activating group) is 1. The quantitative estimate of drug-likeness (QED) is 0.757. The van der Waals surface area contributed by atoms with E-state index in [1.807, 2.05) is 6.07 Å². The molecule has 0 saturated heterocycles. The van der Waals surface area contributed by atoms with Gasteiger partial charge in [-0.05, 0) is 31.4 Å². The van der Waals surface area contributed by atoms with Crippen molar-refractivity contribution in [2.75, 3.05) is 26.7 Å². The largest absolute Gasteiger partial charge is 0.374 e. The molecule has 1 aliphatic rings. The Morgan fingerprint density at radius 3 is 2.62 bits per heavy atom. The normalized spacial score (nSPS) is 21.8. The second-order valence-corrected chi connectivity index (χ2v) is 6.63. The average molecular weight is 290 g/mol. The fourth-order valence-corrected chi connectivity index (χ4v) is 2.82. The molecule has 21 heavy (non-hydrogen) atoms. The number of hydrogen-bond acceptors (Lipinski definition) is 3. The van der Waals surface area contributed by atoms with E-state index >= 15 is 0 Å². The molecule has 0 bridgehead atoms. The summed E-state index contributed by atoms with van der Waals surface area (Å²) in [6.07, 6.45) is 2.90. The zero-order valence-electron chi connectivity index (χ0n) is 13.7. The molecule has 0 radical (unpaired) electrons. The molecule has 1 aromatic rings. The molecule has 118 valence electrons. The lowest BCUT2D eigenvalue weighted by Crippen LogP contribution is -2.41. The molecule has 1 fully saturated rings. The molecule has 3 heteroatoms. The maximum absolute atomic E-state index is 5.96. The minimum absolute atomic E-state index is 0.470. The Morgan fingerprint density at radius 2 is 1.95 bits per heavy atom. The lowest BCUT2D eigenvalue weighted by molar-refractivity contribution is -0.0463. The molecule has 1 N–H and O–H groups in total. The number of nitrogens with one attached hydrogen (secondary N) is 1. The first-order chi connectivity index (χ1) is 10.1. The summed E-state index contributed by atoms with van der Waals surface area (Å²) in [6.45, 7) is 8.55. The lowest BCUT2D eigenvalue weighted by Gasteiger charge is -2.37. The van der Waals surface area contributed by atoms with Crippen molar-refractivity contribution in [3.8, 4) is 0 Å². The van der Waals surface area contributed by atoms with Crippen LogP contribution >= 0.6 is 0 Å². The van der Waals surface area contributed by atoms with Crippen molar-refractivity contribution in [3.05, 3.63) is 35.9 Å². The van der Waals surface area contributed by atoms with Crippen LogP contribution in [0, 0.1) is 5.92 Å². The Hall–Kier alpha value is -0.900. The van der Waals surface area contributed by atoms with Gasteiger partial charge in [0.05, 0.1) is 12.7 Å². The van der Waals surface area contributed by atoms with Gasteiger partial charge in [-0.15, -0.1) is 0 Å². The molecular formula is C18H30N2O. The van der Waals surface area contributed by atoms with Crippen LogP contribution in [0.15, 0.2) is 30.3 Å². The predicted octanol–water partition coefficient (Wildman–Crippen LogP) is 2.91. The molecule has 0 heterocycles. The van der Waals surface area contributed by atoms with Crippen LogP contribution in [0.2, 0.25) is 0 Å². The summed E-state index contributed by atoms with van der Waals surface area (Å²) in [5.41, 5.74) is 1.28. The highest BCUT2D eigenvalue weighted by atomic mass is 16.5. The number of rotatable bonds is 9. The van der Waals surface area contributed by atoms with E-state index in [0.717, 1.165) is 25.6 Å². The fraction of sp³-hybridized carbons (Fsp3) is 0.667. The van der Waals surface area contributed by atoms with Gasteiger partial charge in [-0.25, -0.2) is 0 Å². The summed E-state index contributed by atoms with van der Waals surface area (Å²) in [6, 6.07) is 11.0. The molecule has 1 aliphatic carbocycles. The topological polar surface area (TPSA) is 24.5 Å². The molecule has 0 spiro atoms. The van der Waals surface area contributed by atoms with E-state index in [1.54, 1.807) is 0 Å². The second kappa shape index (κ2) is 8.52. The third-order valence-corrected chi connectivity index (χ3v) is 4.14. The number of hydrogen-bond donors (Lipinski definition) is 1. The Bertz CT molecular complexity index is 387. The summed E-state index contributed by atoms with van der Waals surface area (Å²) in [5.74, 6) is 0.815. The molecule has 0 aromatic heterocycles. The van der Waals surface area contributed by atoms with Gasteiger partial charge in [-0.1, -0.05) is 44.2 Å². The van der Waals surface area contributed by atoms with Crippen molar-refractivity contribution in [2.24, 2.45) is 5.92 Å². The highest BCUT2D eigenvalue weighted by Crippen LogP contribution is 2.31. The number of nitrogens with zero attached hydrogens (tertiary/aromatic N) is 1. The van der Waals surface area contributed by atoms with E-state index in [-0.39, 0.29) is 0 Å². The van der Waals surface area contributed by atoms with Crippen LogP contribution in [0.4, 0.5) is 0 Å². The van der Waals surface area contributed by atoms with Crippen LogP contribution in [0.3, 0.4) is 0 Å². The van der Waals surface area contributed by atoms with Gasteiger partial charge in [0.15, 0.2) is 0 Å². The highest BCUT2D eigenvalue weighted by molar-refractivity contribution is 5.13. The lowest BCUT2D eigenvalue weighted by atomic mass is 9.82. The smallest absolute Gasteiger partial charge is 0.0720 e. The summed E-state index contributed by atoms with van der Waals surface area (Å²) in [4.78, 5) is 2.44. The maximum Gasteiger partial charge on any atom is 0.0720 e. The standard InChI is InChI=1S/C18H30N2O/c1-15(2)19-9-10-20(3)13-17-11-18(12-17)21-14-16-7-5-4-6-8-16/h4-8,15,17-19H,9-14H2,1-3H3. The van der Waals surface area contributed by atoms with Crippen LogP contribution < -0.4 is 5.32 Å². The predicted molar refractivity (Wildman–Crippen MR) is 88.4 cm³/mol. The van der Waals surface area contributed by atoms with Gasteiger partial charge in [-0.2, -0.15) is 0 Å². The van der Waals surface area contributed by atoms with Crippen LogP contribution in [0.25, 0.3) is 0 Å². The molecule has 3 nitrogen and oxygen atoms in total. The summed E-state index contributed by atoms with van der Waals surface area (Å²) in [7, 11) is 2.22. The third kappa shape index (κ3) is 6.16. The van der Waals surface area contributed by atoms with Gasteiger partial charge in [0.25, 0.3) is 0 Å². The second-order valence-electron chi connectivity index (χ2n) is 6.63. The third-order valence-electron chi connectivity index (χ3n) is 4.14. The van der Waals surface area contributed by atoms with Gasteiger partial charge in [0.2, 0.25) is 0 Å². The van der Waals surface area contributed by atoms with Gasteiger partial charge >= 0.3 is 0 Å². The van der Waals surface area contributed by atoms with Crippen LogP contribution in [0.5, 0.6) is 0 Å². The van der Waals surface area contributed by atoms with Crippen molar-refractivity contribution in [1.29, 1.82) is 0 Å². The molecule has 2 rings (SSSR count). The van der Waals surface area contributed by atoms with E-state index in [4.69, 9.17) is 4.74 Å². The molecule has 0 atom stereocenters. The monoisotopic (exact) mass is 290 g/mol. The molecule has 1 aromatic carbocycles. The molecule has 0 amide bonds. The Balaban J connectivity index is 1.53. The van der Waals surface area contributed by atoms with Crippen LogP contribution in [0.1, 0.15) is 32.3 Å². The first kappa shape index (κ1) is 16.5. The Labute approximate surface area is 129 Å². The molecule has 1 saturated carbocycles. The summed E-state index contributed by atoms with van der Waals surface area (Å²) in [5, 5.41) is 3.47. The number of benzene rings is 1. The molecule has 0 aliphatic heterocycles. The van der Waals surface area contributed by atoms with Crippen molar-refractivity contribution in [2.45, 2.75) is 45.4 Å². The minimum Gasteiger partial charge on any atom is -0.374 e. The van der Waals surface area contributed by atoms with E-state index in [2.05, 4.69) is 55.4 Å². The van der Waals surface area contributed by atoms with Crippen molar-refractivity contribution < 1.29 is 4.74 Å².